The fraction of sp³-hybridized carbons (Fsp3) is 0.300. The molecule has 0 amide bonds. The van der Waals surface area contributed by atoms with Crippen LogP contribution in [0.4, 0.5) is 0 Å². The highest BCUT2D eigenvalue weighted by molar-refractivity contribution is 6.04. The highest BCUT2D eigenvalue weighted by Crippen LogP contribution is 2.04. The van der Waals surface area contributed by atoms with Gasteiger partial charge in [-0.05, 0) is 26.0 Å². The minimum Gasteiger partial charge on any atom is -0.478 e. The van der Waals surface area contributed by atoms with Crippen LogP contribution in [-0.4, -0.2) is 17.2 Å². The van der Waals surface area contributed by atoms with Crippen molar-refractivity contribution in [1.82, 2.24) is 0 Å². The standard InChI is InChI=1S/C10H13NO.ClHO/c1-3-12-10(11)9-6-4-8(2)5-7-9;1-2/h4-7,11H,3H2,1-2H3;2H. The number of nitrogens with one attached hydrogen (secondary N) is 1. The third-order valence-corrected chi connectivity index (χ3v) is 1.60. The average Bonchev–Trinajstić information content (AvgIpc) is 2.22. The Hall–Kier alpha value is -1.06. The Kier molecular flexibility index (Phi) is 6.80. The van der Waals surface area contributed by atoms with E-state index in [1.54, 1.807) is 0 Å². The molecule has 0 bridgehead atoms. The molecule has 0 fully saturated rings. The molecule has 0 saturated carbocycles. The van der Waals surface area contributed by atoms with Crippen molar-refractivity contribution in [2.24, 2.45) is 0 Å². The van der Waals surface area contributed by atoms with Crippen LogP contribution in [0.5, 0.6) is 0 Å². The van der Waals surface area contributed by atoms with Gasteiger partial charge in [0.15, 0.2) is 0 Å². The van der Waals surface area contributed by atoms with E-state index in [-0.39, 0.29) is 5.90 Å². The quantitative estimate of drug-likeness (QED) is 0.588. The van der Waals surface area contributed by atoms with E-state index in [9.17, 15) is 0 Å². The summed E-state index contributed by atoms with van der Waals surface area (Å²) >= 11 is 3.64. The number of hydrogen-bond donors (Lipinski definition) is 2. The predicted molar refractivity (Wildman–Crippen MR) is 57.7 cm³/mol. The fourth-order valence-corrected chi connectivity index (χ4v) is 0.933. The van der Waals surface area contributed by atoms with Crippen LogP contribution in [0.3, 0.4) is 0 Å². The molecule has 0 aliphatic rings. The van der Waals surface area contributed by atoms with Crippen LogP contribution in [0.1, 0.15) is 18.1 Å². The van der Waals surface area contributed by atoms with Crippen LogP contribution in [0.25, 0.3) is 0 Å². The van der Waals surface area contributed by atoms with Crippen molar-refractivity contribution >= 4 is 17.8 Å². The zero-order chi connectivity index (χ0) is 11.0. The molecule has 78 valence electrons. The third-order valence-electron chi connectivity index (χ3n) is 1.60. The zero-order valence-corrected chi connectivity index (χ0v) is 9.01. The fourth-order valence-electron chi connectivity index (χ4n) is 0.933. The minimum absolute atomic E-state index is 0.248. The monoisotopic (exact) mass is 215 g/mol. The molecule has 0 aromatic heterocycles. The third kappa shape index (κ3) is 4.25. The van der Waals surface area contributed by atoms with Crippen molar-refractivity contribution in [1.29, 1.82) is 5.41 Å². The van der Waals surface area contributed by atoms with Crippen LogP contribution >= 0.6 is 11.9 Å². The van der Waals surface area contributed by atoms with Crippen LogP contribution < -0.4 is 0 Å². The summed E-state index contributed by atoms with van der Waals surface area (Å²) in [5, 5.41) is 7.48. The summed E-state index contributed by atoms with van der Waals surface area (Å²) in [6.07, 6.45) is 0. The van der Waals surface area contributed by atoms with Gasteiger partial charge in [0.2, 0.25) is 5.90 Å². The van der Waals surface area contributed by atoms with Crippen LogP contribution in [0.15, 0.2) is 24.3 Å². The molecular weight excluding hydrogens is 202 g/mol. The molecule has 4 heteroatoms. The van der Waals surface area contributed by atoms with Crippen LogP contribution in [-0.2, 0) is 4.74 Å². The maximum atomic E-state index is 7.48. The summed E-state index contributed by atoms with van der Waals surface area (Å²) in [6.45, 7) is 4.45. The van der Waals surface area contributed by atoms with Gasteiger partial charge in [-0.15, -0.1) is 0 Å². The van der Waals surface area contributed by atoms with Crippen LogP contribution in [0, 0.1) is 12.3 Å². The van der Waals surface area contributed by atoms with Crippen molar-refractivity contribution in [2.75, 3.05) is 6.61 Å². The molecular formula is C10H14ClNO2. The Balaban J connectivity index is 0.000000791. The molecule has 0 aliphatic carbocycles. The van der Waals surface area contributed by atoms with Gasteiger partial charge in [-0.25, -0.2) is 0 Å². The normalized spacial score (nSPS) is 8.57. The number of rotatable bonds is 2. The SMILES string of the molecule is CCOC(=N)c1ccc(C)cc1.OCl. The van der Waals surface area contributed by atoms with E-state index < -0.39 is 0 Å². The van der Waals surface area contributed by atoms with Gasteiger partial charge in [0, 0.05) is 5.56 Å². The van der Waals surface area contributed by atoms with E-state index >= 15 is 0 Å². The van der Waals surface area contributed by atoms with Crippen molar-refractivity contribution in [2.45, 2.75) is 13.8 Å². The van der Waals surface area contributed by atoms with Gasteiger partial charge < -0.3 is 4.74 Å². The lowest BCUT2D eigenvalue weighted by atomic mass is 10.1. The van der Waals surface area contributed by atoms with Crippen LogP contribution in [0.2, 0.25) is 0 Å². The summed E-state index contributed by atoms with van der Waals surface area (Å²) in [6, 6.07) is 7.74. The molecule has 3 nitrogen and oxygen atoms in total. The van der Waals surface area contributed by atoms with Gasteiger partial charge in [-0.1, -0.05) is 17.7 Å². The van der Waals surface area contributed by atoms with E-state index in [1.807, 2.05) is 38.1 Å². The maximum absolute atomic E-state index is 7.48. The molecule has 1 rings (SSSR count). The second-order valence-corrected chi connectivity index (χ2v) is 2.63. The molecule has 14 heavy (non-hydrogen) atoms. The summed E-state index contributed by atoms with van der Waals surface area (Å²) in [5.41, 5.74) is 2.03. The van der Waals surface area contributed by atoms with Gasteiger partial charge in [0.25, 0.3) is 0 Å². The Bertz CT molecular complexity index is 272. The molecule has 1 aromatic carbocycles. The predicted octanol–water partition coefficient (Wildman–Crippen LogP) is 2.49. The Labute approximate surface area is 89.0 Å². The van der Waals surface area contributed by atoms with E-state index in [4.69, 9.17) is 14.8 Å². The molecule has 0 radical (unpaired) electrons. The summed E-state index contributed by atoms with van der Waals surface area (Å²) in [7, 11) is 0. The number of ether oxygens (including phenoxy) is 1. The topological polar surface area (TPSA) is 53.3 Å². The van der Waals surface area contributed by atoms with E-state index in [2.05, 4.69) is 11.9 Å². The lowest BCUT2D eigenvalue weighted by molar-refractivity contribution is 0.325. The highest BCUT2D eigenvalue weighted by Gasteiger charge is 1.99. The largest absolute Gasteiger partial charge is 0.478 e. The molecule has 2 N–H and O–H groups in total. The molecule has 0 spiro atoms. The number of halogens is 1. The van der Waals surface area contributed by atoms with E-state index in [0.29, 0.717) is 6.61 Å². The van der Waals surface area contributed by atoms with E-state index in [0.717, 1.165) is 5.56 Å². The average molecular weight is 216 g/mol. The number of aryl methyl sites for hydroxylation is 1. The first kappa shape index (κ1) is 12.9. The van der Waals surface area contributed by atoms with Crippen molar-refractivity contribution < 1.29 is 9.40 Å². The maximum Gasteiger partial charge on any atom is 0.213 e. The van der Waals surface area contributed by atoms with Gasteiger partial charge in [0.05, 0.1) is 18.5 Å². The second-order valence-electron chi connectivity index (χ2n) is 2.63. The van der Waals surface area contributed by atoms with Gasteiger partial charge >= 0.3 is 0 Å². The first-order valence-electron chi connectivity index (χ1n) is 4.19. The highest BCUT2D eigenvalue weighted by atomic mass is 35.5. The Morgan fingerprint density at radius 2 is 1.86 bits per heavy atom. The van der Waals surface area contributed by atoms with Gasteiger partial charge in [-0.2, -0.15) is 0 Å². The zero-order valence-electron chi connectivity index (χ0n) is 8.25. The Morgan fingerprint density at radius 1 is 1.36 bits per heavy atom. The minimum atomic E-state index is 0.248. The lowest BCUT2D eigenvalue weighted by Gasteiger charge is -2.04. The second kappa shape index (κ2) is 7.35. The first-order valence-corrected chi connectivity index (χ1v) is 4.53. The molecule has 0 atom stereocenters. The molecule has 0 unspecified atom stereocenters. The van der Waals surface area contributed by atoms with E-state index in [1.165, 1.54) is 5.56 Å². The smallest absolute Gasteiger partial charge is 0.213 e. The molecule has 0 heterocycles. The first-order chi connectivity index (χ1) is 6.74. The lowest BCUT2D eigenvalue weighted by Crippen LogP contribution is -2.04. The number of benzene rings is 1. The summed E-state index contributed by atoms with van der Waals surface area (Å²) in [4.78, 5) is 0. The molecule has 0 aliphatic heterocycles. The molecule has 1 aromatic rings. The summed E-state index contributed by atoms with van der Waals surface area (Å²) in [5.74, 6) is 0.248. The van der Waals surface area contributed by atoms with Crippen molar-refractivity contribution in [3.8, 4) is 0 Å². The number of hydrogen-bond acceptors (Lipinski definition) is 3. The molecule has 0 saturated heterocycles. The Morgan fingerprint density at radius 3 is 2.29 bits per heavy atom. The summed E-state index contributed by atoms with van der Waals surface area (Å²) < 4.78 is 11.5. The van der Waals surface area contributed by atoms with Gasteiger partial charge in [-0.3, -0.25) is 10.1 Å². The van der Waals surface area contributed by atoms with Gasteiger partial charge in [0.1, 0.15) is 0 Å². The van der Waals surface area contributed by atoms with Crippen molar-refractivity contribution in [3.05, 3.63) is 35.4 Å². The van der Waals surface area contributed by atoms with Crippen molar-refractivity contribution in [3.63, 3.8) is 0 Å².